The average Bonchev–Trinajstić information content (AvgIpc) is 2.54. The number of benzene rings is 2. The molecule has 2 aromatic rings. The molecule has 0 bridgehead atoms. The van der Waals surface area contributed by atoms with Crippen molar-refractivity contribution in [2.75, 3.05) is 0 Å². The molecule has 0 radical (unpaired) electrons. The summed E-state index contributed by atoms with van der Waals surface area (Å²) >= 11 is 0. The summed E-state index contributed by atoms with van der Waals surface area (Å²) in [5.41, 5.74) is 1.23. The normalized spacial score (nSPS) is 8.71. The van der Waals surface area contributed by atoms with Gasteiger partial charge in [0.1, 0.15) is 6.29 Å². The molecule has 2 aromatic carbocycles. The predicted octanol–water partition coefficient (Wildman–Crippen LogP) is 5.89. The maximum Gasteiger partial charge on any atom is 0.160 e. The molecule has 0 aliphatic heterocycles. The zero-order valence-electron chi connectivity index (χ0n) is 14.7. The van der Waals surface area contributed by atoms with E-state index in [4.69, 9.17) is 0 Å². The van der Waals surface area contributed by atoms with Crippen molar-refractivity contribution in [2.24, 2.45) is 0 Å². The van der Waals surface area contributed by atoms with Crippen molar-refractivity contribution < 1.29 is 14.4 Å². The highest BCUT2D eigenvalue weighted by Gasteiger charge is 2.11. The Kier molecular flexibility index (Phi) is 13.2. The lowest BCUT2D eigenvalue weighted by Gasteiger charge is -2.07. The second-order valence-electron chi connectivity index (χ2n) is 5.10. The molecule has 0 saturated carbocycles. The highest BCUT2D eigenvalue weighted by molar-refractivity contribution is 6.15. The van der Waals surface area contributed by atoms with Gasteiger partial charge in [-0.3, -0.25) is 9.59 Å². The van der Waals surface area contributed by atoms with Crippen LogP contribution >= 0.6 is 0 Å². The van der Waals surface area contributed by atoms with Gasteiger partial charge < -0.3 is 4.79 Å². The van der Waals surface area contributed by atoms with Crippen LogP contribution in [0.3, 0.4) is 0 Å². The van der Waals surface area contributed by atoms with Crippen LogP contribution in [0.2, 0.25) is 0 Å². The Bertz CT molecular complexity index is 608. The van der Waals surface area contributed by atoms with E-state index in [2.05, 4.69) is 13.8 Å². The Hall–Kier alpha value is -2.29. The first-order valence-electron chi connectivity index (χ1n) is 7.91. The topological polar surface area (TPSA) is 51.2 Å². The molecule has 3 heteroatoms. The minimum absolute atomic E-state index is 0. The number of ketones is 2. The van der Waals surface area contributed by atoms with Gasteiger partial charge in [0.25, 0.3) is 0 Å². The van der Waals surface area contributed by atoms with Crippen molar-refractivity contribution in [3.8, 4) is 0 Å². The molecule has 24 heavy (non-hydrogen) atoms. The quantitative estimate of drug-likeness (QED) is 0.520. The molecule has 0 aromatic heterocycles. The van der Waals surface area contributed by atoms with Crippen LogP contribution in [0.1, 0.15) is 75.6 Å². The Balaban J connectivity index is 0. The second kappa shape index (κ2) is 13.2. The number of rotatable bonds is 3. The van der Waals surface area contributed by atoms with Crippen LogP contribution in [0.5, 0.6) is 0 Å². The first-order valence-corrected chi connectivity index (χ1v) is 7.91. The van der Waals surface area contributed by atoms with Gasteiger partial charge in [0.2, 0.25) is 0 Å². The van der Waals surface area contributed by atoms with Gasteiger partial charge >= 0.3 is 0 Å². The predicted molar refractivity (Wildman–Crippen MR) is 103 cm³/mol. The number of carbonyl (C=O) groups excluding carboxylic acids is 3. The van der Waals surface area contributed by atoms with Gasteiger partial charge in [-0.2, -0.15) is 0 Å². The zero-order valence-corrected chi connectivity index (χ0v) is 14.7. The maximum absolute atomic E-state index is 11.5. The van der Waals surface area contributed by atoms with Crippen LogP contribution in [0, 0.1) is 0 Å². The van der Waals surface area contributed by atoms with Crippen molar-refractivity contribution in [1.82, 2.24) is 0 Å². The highest BCUT2D eigenvalue weighted by Crippen LogP contribution is 2.23. The number of aldehydes is 1. The van der Waals surface area contributed by atoms with Gasteiger partial charge in [-0.1, -0.05) is 71.0 Å². The lowest BCUT2D eigenvalue weighted by Crippen LogP contribution is -2.00. The summed E-state index contributed by atoms with van der Waals surface area (Å²) in [4.78, 5) is 32.2. The molecule has 0 atom stereocenters. The third-order valence-electron chi connectivity index (χ3n) is 2.83. The summed E-state index contributed by atoms with van der Waals surface area (Å²) in [5.74, 6) is -0.0291. The first-order chi connectivity index (χ1) is 10.9. The Morgan fingerprint density at radius 3 is 1.46 bits per heavy atom. The standard InChI is InChI=1S/C14H12O2.C3H6O.C3H8.CH4/c1-9(15)12-7-3-5-11-6-4-8-13(10(2)16)14(11)12;1-2-3-4;1-3-2;/h3-8H,1-2H3;3H,2H2,1H3;3H2,1-2H3;1H4. The van der Waals surface area contributed by atoms with Crippen LogP contribution in [-0.2, 0) is 4.79 Å². The molecule has 0 amide bonds. The smallest absolute Gasteiger partial charge is 0.160 e. The van der Waals surface area contributed by atoms with Crippen molar-refractivity contribution in [1.29, 1.82) is 0 Å². The summed E-state index contributed by atoms with van der Waals surface area (Å²) in [6.45, 7) is 9.10. The van der Waals surface area contributed by atoms with Gasteiger partial charge in [0.05, 0.1) is 0 Å². The van der Waals surface area contributed by atoms with Crippen LogP contribution in [-0.4, -0.2) is 17.9 Å². The number of hydrogen-bond donors (Lipinski definition) is 0. The van der Waals surface area contributed by atoms with Crippen molar-refractivity contribution >= 4 is 28.6 Å². The van der Waals surface area contributed by atoms with Gasteiger partial charge in [-0.05, 0) is 19.2 Å². The molecule has 132 valence electrons. The third kappa shape index (κ3) is 7.32. The van der Waals surface area contributed by atoms with Gasteiger partial charge in [-0.25, -0.2) is 0 Å². The molecule has 0 aliphatic carbocycles. The molecule has 0 fully saturated rings. The lowest BCUT2D eigenvalue weighted by atomic mass is 9.95. The van der Waals surface area contributed by atoms with Crippen molar-refractivity contribution in [3.63, 3.8) is 0 Å². The van der Waals surface area contributed by atoms with E-state index in [1.807, 2.05) is 31.2 Å². The Morgan fingerprint density at radius 1 is 0.875 bits per heavy atom. The van der Waals surface area contributed by atoms with E-state index in [-0.39, 0.29) is 19.0 Å². The summed E-state index contributed by atoms with van der Waals surface area (Å²) < 4.78 is 0. The number of carbonyl (C=O) groups is 3. The van der Waals surface area contributed by atoms with E-state index < -0.39 is 0 Å². The average molecular weight is 330 g/mol. The summed E-state index contributed by atoms with van der Waals surface area (Å²) in [7, 11) is 0. The SMILES string of the molecule is C.CC(=O)c1cccc2cccc(C(C)=O)c12.CCC.CCC=O. The largest absolute Gasteiger partial charge is 0.303 e. The molecule has 2 rings (SSSR count). The van der Waals surface area contributed by atoms with E-state index in [0.29, 0.717) is 17.5 Å². The van der Waals surface area contributed by atoms with Crippen LogP contribution < -0.4 is 0 Å². The minimum atomic E-state index is -0.0145. The summed E-state index contributed by atoms with van der Waals surface area (Å²) in [6, 6.07) is 11.0. The zero-order chi connectivity index (χ0) is 17.8. The molecule has 0 N–H and O–H groups in total. The third-order valence-corrected chi connectivity index (χ3v) is 2.83. The number of Topliss-reactive ketones (excluding diaryl/α,β-unsaturated/α-hetero) is 2. The molecule has 0 spiro atoms. The van der Waals surface area contributed by atoms with Gasteiger partial charge in [-0.15, -0.1) is 0 Å². The fourth-order valence-corrected chi connectivity index (χ4v) is 1.93. The van der Waals surface area contributed by atoms with Crippen LogP contribution in [0.4, 0.5) is 0 Å². The lowest BCUT2D eigenvalue weighted by molar-refractivity contribution is -0.107. The monoisotopic (exact) mass is 330 g/mol. The first kappa shape index (κ1) is 24.0. The molecular weight excluding hydrogens is 300 g/mol. The van der Waals surface area contributed by atoms with E-state index in [1.54, 1.807) is 12.1 Å². The Labute approximate surface area is 146 Å². The fourth-order valence-electron chi connectivity index (χ4n) is 1.93. The fraction of sp³-hybridized carbons (Fsp3) is 0.381. The second-order valence-corrected chi connectivity index (χ2v) is 5.10. The van der Waals surface area contributed by atoms with Gasteiger partial charge in [0.15, 0.2) is 11.6 Å². The van der Waals surface area contributed by atoms with E-state index in [9.17, 15) is 14.4 Å². The van der Waals surface area contributed by atoms with Crippen LogP contribution in [0.15, 0.2) is 36.4 Å². The van der Waals surface area contributed by atoms with Crippen molar-refractivity contribution in [3.05, 3.63) is 47.5 Å². The maximum atomic E-state index is 11.5. The Morgan fingerprint density at radius 2 is 1.21 bits per heavy atom. The molecular formula is C21H30O3. The van der Waals surface area contributed by atoms with E-state index >= 15 is 0 Å². The summed E-state index contributed by atoms with van der Waals surface area (Å²) in [5, 5.41) is 1.70. The molecule has 0 heterocycles. The van der Waals surface area contributed by atoms with E-state index in [0.717, 1.165) is 17.1 Å². The minimum Gasteiger partial charge on any atom is -0.303 e. The molecule has 0 unspecified atom stereocenters. The molecule has 0 saturated heterocycles. The highest BCUT2D eigenvalue weighted by atomic mass is 16.1. The molecule has 3 nitrogen and oxygen atoms in total. The summed E-state index contributed by atoms with van der Waals surface area (Å²) in [6.07, 6.45) is 2.76. The molecule has 0 aliphatic rings. The number of hydrogen-bond acceptors (Lipinski definition) is 3. The van der Waals surface area contributed by atoms with Crippen molar-refractivity contribution in [2.45, 2.75) is 54.9 Å². The van der Waals surface area contributed by atoms with E-state index in [1.165, 1.54) is 20.3 Å². The van der Waals surface area contributed by atoms with Crippen LogP contribution in [0.25, 0.3) is 10.8 Å². The number of fused-ring (bicyclic) bond motifs is 1. The van der Waals surface area contributed by atoms with Gasteiger partial charge in [0, 0.05) is 22.9 Å².